The van der Waals surface area contributed by atoms with Crippen molar-refractivity contribution in [3.05, 3.63) is 16.7 Å². The monoisotopic (exact) mass is 228 g/mol. The zero-order chi connectivity index (χ0) is 9.45. The molecule has 0 unspecified atom stereocenters. The van der Waals surface area contributed by atoms with Gasteiger partial charge in [0.2, 0.25) is 0 Å². The molecule has 0 spiro atoms. The van der Waals surface area contributed by atoms with Crippen LogP contribution in [0.15, 0.2) is 16.7 Å². The summed E-state index contributed by atoms with van der Waals surface area (Å²) in [6.45, 7) is 2.24. The Hall–Kier alpha value is 0.0629. The molecule has 0 heterocycles. The van der Waals surface area contributed by atoms with Gasteiger partial charge in [0.25, 0.3) is 0 Å². The van der Waals surface area contributed by atoms with Gasteiger partial charge < -0.3 is 0 Å². The van der Waals surface area contributed by atoms with Crippen LogP contribution < -0.4 is 0 Å². The van der Waals surface area contributed by atoms with Crippen molar-refractivity contribution >= 4 is 13.3 Å². The normalized spacial score (nSPS) is 10.7. The summed E-state index contributed by atoms with van der Waals surface area (Å²) in [4.78, 5) is 2.33. The Morgan fingerprint density at radius 3 is 2.33 bits per heavy atom. The van der Waals surface area contributed by atoms with Gasteiger partial charge in [0.1, 0.15) is 0 Å². The Bertz CT molecular complexity index is 156. The third kappa shape index (κ3) is 10.1. The molecule has 0 radical (unpaired) electrons. The second-order valence-electron chi connectivity index (χ2n) is 4.38. The third-order valence-electron chi connectivity index (χ3n) is 1.59. The Balaban J connectivity index is 3.55. The summed E-state index contributed by atoms with van der Waals surface area (Å²) in [7, 11) is 0. The summed E-state index contributed by atoms with van der Waals surface area (Å²) in [6, 6.07) is 0. The minimum atomic E-state index is -1.44. The van der Waals surface area contributed by atoms with Gasteiger partial charge in [-0.05, 0) is 0 Å². The van der Waals surface area contributed by atoms with E-state index in [9.17, 15) is 0 Å². The summed E-state index contributed by atoms with van der Waals surface area (Å²) in [5, 5.41) is 0. The van der Waals surface area contributed by atoms with Crippen LogP contribution in [0, 0.1) is 0 Å². The van der Waals surface area contributed by atoms with Crippen LogP contribution in [-0.2, 0) is 0 Å². The van der Waals surface area contributed by atoms with E-state index in [0.717, 1.165) is 0 Å². The molecule has 0 nitrogen and oxygen atoms in total. The summed E-state index contributed by atoms with van der Waals surface area (Å²) in [5.74, 6) is 7.15. The number of hydrogen-bond acceptors (Lipinski definition) is 0. The van der Waals surface area contributed by atoms with Crippen molar-refractivity contribution in [2.45, 2.75) is 49.9 Å². The molecule has 0 aromatic heterocycles. The molecule has 0 rings (SSSR count). The van der Waals surface area contributed by atoms with E-state index in [1.54, 1.807) is 0 Å². The molecule has 0 amide bonds. The predicted molar refractivity (Wildman–Crippen MR) is 60.1 cm³/mol. The van der Waals surface area contributed by atoms with Crippen molar-refractivity contribution in [3.63, 3.8) is 0 Å². The molecule has 1 heteroatoms. The molecule has 0 N–H and O–H groups in total. The molecule has 0 saturated heterocycles. The zero-order valence-electron chi connectivity index (χ0n) is 8.98. The van der Waals surface area contributed by atoms with Crippen LogP contribution in [0.5, 0.6) is 0 Å². The fourth-order valence-corrected chi connectivity index (χ4v) is 2.18. The first-order valence-electron chi connectivity index (χ1n) is 4.98. The number of allylic oxidation sites excluding steroid dienone is 1. The summed E-state index contributed by atoms with van der Waals surface area (Å²) in [6.07, 6.45) is 7.41. The molecule has 0 bridgehead atoms. The molecule has 0 aromatic carbocycles. The Morgan fingerprint density at radius 2 is 1.83 bits per heavy atom. The maximum absolute atomic E-state index is 3.32. The van der Waals surface area contributed by atoms with Gasteiger partial charge in [-0.2, -0.15) is 0 Å². The van der Waals surface area contributed by atoms with E-state index in [2.05, 4.69) is 40.9 Å². The molecule has 70 valence electrons. The molecular formula is C11H22Ge. The number of hydrogen-bond donors (Lipinski definition) is 0. The number of unbranched alkanes of at least 4 members (excludes halogenated alkanes) is 3. The van der Waals surface area contributed by atoms with E-state index in [-0.39, 0.29) is 0 Å². The molecular weight excluding hydrogens is 205 g/mol. The summed E-state index contributed by atoms with van der Waals surface area (Å²) >= 11 is -1.44. The average molecular weight is 227 g/mol. The quantitative estimate of drug-likeness (QED) is 0.375. The SMILES string of the molecule is CCCCCC=C=[CH][Ge]([CH3])([CH3])[CH3]. The zero-order valence-corrected chi connectivity index (χ0v) is 11.1. The summed E-state index contributed by atoms with van der Waals surface area (Å²) < 4.78 is 0. The Morgan fingerprint density at radius 1 is 1.17 bits per heavy atom. The van der Waals surface area contributed by atoms with Gasteiger partial charge >= 0.3 is 79.9 Å². The molecule has 0 aliphatic heterocycles. The molecule has 0 atom stereocenters. The van der Waals surface area contributed by atoms with Gasteiger partial charge in [-0.3, -0.25) is 0 Å². The molecule has 12 heavy (non-hydrogen) atoms. The van der Waals surface area contributed by atoms with E-state index >= 15 is 0 Å². The van der Waals surface area contributed by atoms with Gasteiger partial charge in [0.05, 0.1) is 0 Å². The predicted octanol–water partition coefficient (Wildman–Crippen LogP) is 4.16. The van der Waals surface area contributed by atoms with Crippen LogP contribution >= 0.6 is 0 Å². The Kier molecular flexibility index (Phi) is 6.60. The first kappa shape index (κ1) is 12.1. The maximum atomic E-state index is 3.32. The van der Waals surface area contributed by atoms with Crippen molar-refractivity contribution in [1.29, 1.82) is 0 Å². The second-order valence-corrected chi connectivity index (χ2v) is 14.9. The molecule has 0 aliphatic carbocycles. The first-order chi connectivity index (χ1) is 5.56. The van der Waals surface area contributed by atoms with Crippen molar-refractivity contribution < 1.29 is 0 Å². The van der Waals surface area contributed by atoms with Gasteiger partial charge in [0.15, 0.2) is 0 Å². The second kappa shape index (κ2) is 6.56. The van der Waals surface area contributed by atoms with E-state index in [0.29, 0.717) is 0 Å². The molecule has 0 aromatic rings. The fraction of sp³-hybridized carbons (Fsp3) is 0.727. The molecule has 0 saturated carbocycles. The van der Waals surface area contributed by atoms with Crippen LogP contribution in [0.4, 0.5) is 0 Å². The standard InChI is InChI=1S/C11H22Ge/c1-5-6-7-8-9-10-11-12(2,3)4/h9,11H,5-8H2,1-4H3. The first-order valence-corrected chi connectivity index (χ1v) is 12.5. The number of rotatable bonds is 5. The van der Waals surface area contributed by atoms with Gasteiger partial charge in [-0.25, -0.2) is 0 Å². The topological polar surface area (TPSA) is 0 Å². The average Bonchev–Trinajstić information content (AvgIpc) is 1.94. The molecule has 0 fully saturated rings. The van der Waals surface area contributed by atoms with E-state index in [1.807, 2.05) is 0 Å². The summed E-state index contributed by atoms with van der Waals surface area (Å²) in [5.41, 5.74) is 3.32. The van der Waals surface area contributed by atoms with Crippen LogP contribution in [0.25, 0.3) is 0 Å². The van der Waals surface area contributed by atoms with Crippen LogP contribution in [0.1, 0.15) is 32.6 Å². The van der Waals surface area contributed by atoms with Crippen LogP contribution in [-0.4, -0.2) is 13.3 Å². The minimum absolute atomic E-state index is 1.21. The van der Waals surface area contributed by atoms with Gasteiger partial charge in [-0.15, -0.1) is 0 Å². The van der Waals surface area contributed by atoms with Gasteiger partial charge in [0, 0.05) is 0 Å². The van der Waals surface area contributed by atoms with E-state index in [1.165, 1.54) is 25.7 Å². The fourth-order valence-electron chi connectivity index (χ4n) is 0.889. The van der Waals surface area contributed by atoms with Crippen molar-refractivity contribution in [2.75, 3.05) is 0 Å². The van der Waals surface area contributed by atoms with Crippen LogP contribution in [0.2, 0.25) is 17.3 Å². The van der Waals surface area contributed by atoms with Crippen LogP contribution in [0.3, 0.4) is 0 Å². The van der Waals surface area contributed by atoms with Crippen molar-refractivity contribution in [2.24, 2.45) is 0 Å². The van der Waals surface area contributed by atoms with Crippen molar-refractivity contribution in [1.82, 2.24) is 0 Å². The third-order valence-corrected chi connectivity index (χ3v) is 3.75. The van der Waals surface area contributed by atoms with E-state index in [4.69, 9.17) is 0 Å². The van der Waals surface area contributed by atoms with E-state index < -0.39 is 13.3 Å². The molecule has 0 aliphatic rings. The van der Waals surface area contributed by atoms with Gasteiger partial charge in [-0.1, -0.05) is 0 Å². The van der Waals surface area contributed by atoms with Crippen molar-refractivity contribution in [3.8, 4) is 0 Å². The Labute approximate surface area is 80.1 Å².